The lowest BCUT2D eigenvalue weighted by Crippen LogP contribution is -2.09. The SMILES string of the molecule is COC(=O)c1ccccc1[C@@H](O)CCc1cccc(/C=C/c2ccc3ccc(Cl)cc3n2)c1.O. The zero-order valence-electron chi connectivity index (χ0n) is 18.7. The van der Waals surface area contributed by atoms with E-state index in [0.717, 1.165) is 27.7 Å². The summed E-state index contributed by atoms with van der Waals surface area (Å²) in [6, 6.07) is 24.8. The second-order valence-corrected chi connectivity index (χ2v) is 8.22. The fraction of sp³-hybridized carbons (Fsp3) is 0.143. The van der Waals surface area contributed by atoms with Gasteiger partial charge in [0.25, 0.3) is 0 Å². The number of pyridine rings is 1. The molecule has 5 nitrogen and oxygen atoms in total. The number of benzene rings is 3. The van der Waals surface area contributed by atoms with E-state index in [4.69, 9.17) is 16.3 Å². The monoisotopic (exact) mass is 475 g/mol. The number of hydrogen-bond acceptors (Lipinski definition) is 4. The van der Waals surface area contributed by atoms with Crippen molar-refractivity contribution in [2.24, 2.45) is 0 Å². The Labute approximate surface area is 203 Å². The molecule has 4 rings (SSSR count). The number of esters is 1. The molecule has 34 heavy (non-hydrogen) atoms. The number of ether oxygens (including phenoxy) is 1. The van der Waals surface area contributed by atoms with Gasteiger partial charge in [0, 0.05) is 10.4 Å². The first-order valence-electron chi connectivity index (χ1n) is 10.7. The lowest BCUT2D eigenvalue weighted by molar-refractivity contribution is 0.0592. The number of aliphatic hydroxyl groups is 1. The summed E-state index contributed by atoms with van der Waals surface area (Å²) >= 11 is 6.09. The predicted octanol–water partition coefficient (Wildman–Crippen LogP) is 5.69. The third-order valence-electron chi connectivity index (χ3n) is 5.50. The Balaban J connectivity index is 0.00000324. The van der Waals surface area contributed by atoms with Crippen LogP contribution in [0, 0.1) is 0 Å². The largest absolute Gasteiger partial charge is 0.465 e. The number of nitrogens with zero attached hydrogens (tertiary/aromatic N) is 1. The molecule has 1 heterocycles. The minimum Gasteiger partial charge on any atom is -0.465 e. The lowest BCUT2D eigenvalue weighted by atomic mass is 9.96. The predicted molar refractivity (Wildman–Crippen MR) is 137 cm³/mol. The molecule has 1 aromatic heterocycles. The lowest BCUT2D eigenvalue weighted by Gasteiger charge is -2.14. The standard InChI is InChI=1S/C28H24ClNO3.H2O/c1-33-28(32)25-8-3-2-7-24(25)27(31)16-10-20-6-4-5-19(17-20)9-14-23-15-12-21-11-13-22(29)18-26(21)30-23;/h2-9,11-15,17-18,27,31H,10,16H2,1H3;1H2/b14-9+;/t27-;/m0./s1. The number of hydrogen-bond donors (Lipinski definition) is 1. The minimum atomic E-state index is -0.756. The van der Waals surface area contributed by atoms with Crippen molar-refractivity contribution in [3.63, 3.8) is 0 Å². The molecule has 0 unspecified atom stereocenters. The van der Waals surface area contributed by atoms with Gasteiger partial charge in [-0.25, -0.2) is 9.78 Å². The fourth-order valence-electron chi connectivity index (χ4n) is 3.78. The van der Waals surface area contributed by atoms with Gasteiger partial charge in [0.15, 0.2) is 0 Å². The van der Waals surface area contributed by atoms with E-state index in [0.29, 0.717) is 29.0 Å². The summed E-state index contributed by atoms with van der Waals surface area (Å²) < 4.78 is 4.83. The maximum absolute atomic E-state index is 12.0. The van der Waals surface area contributed by atoms with E-state index in [9.17, 15) is 9.90 Å². The third-order valence-corrected chi connectivity index (χ3v) is 5.74. The van der Waals surface area contributed by atoms with E-state index in [1.807, 2.05) is 66.7 Å². The van der Waals surface area contributed by atoms with Crippen LogP contribution < -0.4 is 0 Å². The summed E-state index contributed by atoms with van der Waals surface area (Å²) in [5.74, 6) is -0.443. The van der Waals surface area contributed by atoms with Crippen molar-refractivity contribution in [1.82, 2.24) is 4.98 Å². The smallest absolute Gasteiger partial charge is 0.338 e. The third kappa shape index (κ3) is 6.08. The fourth-order valence-corrected chi connectivity index (χ4v) is 3.94. The molecule has 0 bridgehead atoms. The number of aromatic nitrogens is 1. The average molecular weight is 476 g/mol. The molecule has 0 aliphatic heterocycles. The first-order chi connectivity index (χ1) is 16.0. The van der Waals surface area contributed by atoms with Crippen LogP contribution in [0.15, 0.2) is 78.9 Å². The molecule has 0 aliphatic carbocycles. The van der Waals surface area contributed by atoms with Gasteiger partial charge in [-0.05, 0) is 59.9 Å². The number of methoxy groups -OCH3 is 1. The highest BCUT2D eigenvalue weighted by atomic mass is 35.5. The number of carbonyl (C=O) groups is 1. The van der Waals surface area contributed by atoms with Crippen LogP contribution in [0.1, 0.15) is 45.3 Å². The number of fused-ring (bicyclic) bond motifs is 1. The molecule has 1 atom stereocenters. The van der Waals surface area contributed by atoms with E-state index in [1.54, 1.807) is 18.2 Å². The molecule has 0 saturated heterocycles. The van der Waals surface area contributed by atoms with E-state index in [2.05, 4.69) is 11.1 Å². The summed E-state index contributed by atoms with van der Waals surface area (Å²) in [6.07, 6.45) is 4.40. The Morgan fingerprint density at radius 1 is 1.03 bits per heavy atom. The van der Waals surface area contributed by atoms with Crippen molar-refractivity contribution < 1.29 is 20.1 Å². The Bertz CT molecular complexity index is 1320. The van der Waals surface area contributed by atoms with Crippen molar-refractivity contribution in [3.8, 4) is 0 Å². The van der Waals surface area contributed by atoms with Crippen LogP contribution in [0.25, 0.3) is 23.1 Å². The Hall–Kier alpha value is -3.51. The summed E-state index contributed by atoms with van der Waals surface area (Å²) in [5, 5.41) is 12.4. The van der Waals surface area contributed by atoms with E-state index < -0.39 is 12.1 Å². The second-order valence-electron chi connectivity index (χ2n) is 7.78. The zero-order valence-corrected chi connectivity index (χ0v) is 19.5. The molecule has 6 heteroatoms. The van der Waals surface area contributed by atoms with Crippen LogP contribution >= 0.6 is 11.6 Å². The molecule has 174 valence electrons. The highest BCUT2D eigenvalue weighted by molar-refractivity contribution is 6.31. The van der Waals surface area contributed by atoms with Gasteiger partial charge in [-0.1, -0.05) is 72.3 Å². The van der Waals surface area contributed by atoms with Gasteiger partial charge in [0.1, 0.15) is 0 Å². The quantitative estimate of drug-likeness (QED) is 0.348. The highest BCUT2D eigenvalue weighted by Crippen LogP contribution is 2.24. The molecule has 3 N–H and O–H groups in total. The molecular formula is C28H26ClNO4. The van der Waals surface area contributed by atoms with Gasteiger partial charge in [0.2, 0.25) is 0 Å². The van der Waals surface area contributed by atoms with Gasteiger partial charge in [-0.3, -0.25) is 0 Å². The van der Waals surface area contributed by atoms with Gasteiger partial charge in [0.05, 0.1) is 30.0 Å². The van der Waals surface area contributed by atoms with Gasteiger partial charge in [-0.15, -0.1) is 0 Å². The number of aliphatic hydroxyl groups excluding tert-OH is 1. The summed E-state index contributed by atoms with van der Waals surface area (Å²) in [4.78, 5) is 16.6. The first-order valence-corrected chi connectivity index (χ1v) is 11.1. The molecule has 0 aliphatic rings. The number of halogens is 1. The molecule has 4 aromatic rings. The number of aryl methyl sites for hydroxylation is 1. The Kier molecular flexibility index (Phi) is 8.55. The topological polar surface area (TPSA) is 90.9 Å². The zero-order chi connectivity index (χ0) is 23.2. The molecular weight excluding hydrogens is 450 g/mol. The number of carbonyl (C=O) groups excluding carboxylic acids is 1. The van der Waals surface area contributed by atoms with Crippen molar-refractivity contribution in [2.45, 2.75) is 18.9 Å². The molecule has 0 amide bonds. The van der Waals surface area contributed by atoms with Crippen LogP contribution in [-0.4, -0.2) is 28.6 Å². The summed E-state index contributed by atoms with van der Waals surface area (Å²) in [5.41, 5.74) is 4.84. The molecule has 3 aromatic carbocycles. The molecule has 0 saturated carbocycles. The Morgan fingerprint density at radius 3 is 2.65 bits per heavy atom. The number of rotatable bonds is 7. The first kappa shape index (κ1) is 25.1. The summed E-state index contributed by atoms with van der Waals surface area (Å²) in [6.45, 7) is 0. The van der Waals surface area contributed by atoms with Crippen LogP contribution in [-0.2, 0) is 11.2 Å². The highest BCUT2D eigenvalue weighted by Gasteiger charge is 2.17. The van der Waals surface area contributed by atoms with Crippen molar-refractivity contribution in [1.29, 1.82) is 0 Å². The minimum absolute atomic E-state index is 0. The molecule has 0 spiro atoms. The normalized spacial score (nSPS) is 11.9. The second kappa shape index (κ2) is 11.6. The van der Waals surface area contributed by atoms with Gasteiger partial charge >= 0.3 is 5.97 Å². The van der Waals surface area contributed by atoms with E-state index in [-0.39, 0.29) is 5.48 Å². The Morgan fingerprint density at radius 2 is 1.82 bits per heavy atom. The van der Waals surface area contributed by atoms with Crippen LogP contribution in [0.3, 0.4) is 0 Å². The maximum atomic E-state index is 12.0. The van der Waals surface area contributed by atoms with Crippen LogP contribution in [0.4, 0.5) is 0 Å². The van der Waals surface area contributed by atoms with E-state index in [1.165, 1.54) is 7.11 Å². The average Bonchev–Trinajstić information content (AvgIpc) is 2.85. The van der Waals surface area contributed by atoms with Crippen LogP contribution in [0.5, 0.6) is 0 Å². The maximum Gasteiger partial charge on any atom is 0.338 e. The van der Waals surface area contributed by atoms with Crippen molar-refractivity contribution in [3.05, 3.63) is 112 Å². The van der Waals surface area contributed by atoms with Gasteiger partial charge in [-0.2, -0.15) is 0 Å². The van der Waals surface area contributed by atoms with Gasteiger partial charge < -0.3 is 15.3 Å². The van der Waals surface area contributed by atoms with Crippen LogP contribution in [0.2, 0.25) is 5.02 Å². The van der Waals surface area contributed by atoms with Crippen molar-refractivity contribution in [2.75, 3.05) is 7.11 Å². The summed E-state index contributed by atoms with van der Waals surface area (Å²) in [7, 11) is 1.34. The van der Waals surface area contributed by atoms with Crippen molar-refractivity contribution >= 4 is 40.6 Å². The van der Waals surface area contributed by atoms with E-state index >= 15 is 0 Å². The molecule has 0 fully saturated rings. The molecule has 0 radical (unpaired) electrons.